The zero-order valence-electron chi connectivity index (χ0n) is 39.6. The van der Waals surface area contributed by atoms with Crippen molar-refractivity contribution in [3.05, 3.63) is 68.7 Å². The topological polar surface area (TPSA) is 147 Å². The molecule has 33 heteroatoms. The molecule has 12 nitrogen and oxygen atoms in total. The molecule has 2 aliphatic heterocycles. The second-order valence-electron chi connectivity index (χ2n) is 16.1. The number of nitrogens with zero attached hydrogens (tertiary/aromatic N) is 2. The first-order valence-corrected chi connectivity index (χ1v) is 128. The van der Waals surface area contributed by atoms with E-state index in [1.165, 1.54) is 25.3 Å². The Hall–Kier alpha value is 10.9. The minimum absolute atomic E-state index is 0.117. The summed E-state index contributed by atoms with van der Waals surface area (Å²) in [5.41, 5.74) is 9.78. The van der Waals surface area contributed by atoms with E-state index in [0.29, 0.717) is 19.3 Å². The number of esters is 2. The maximum atomic E-state index is 12.2. The molecule has 2 atom stereocenters. The third-order valence-electron chi connectivity index (χ3n) is 9.81. The number of halogens is 21. The number of methoxy groups -OCH3 is 2. The molecule has 0 bridgehead atoms. The van der Waals surface area contributed by atoms with E-state index in [4.69, 9.17) is 43.1 Å². The summed E-state index contributed by atoms with van der Waals surface area (Å²) in [6.07, 6.45) is 3.27. The van der Waals surface area contributed by atoms with Crippen molar-refractivity contribution in [2.24, 2.45) is 5.73 Å². The summed E-state index contributed by atoms with van der Waals surface area (Å²) < 4.78 is 14.9. The van der Waals surface area contributed by atoms with Gasteiger partial charge in [0.1, 0.15) is 17.7 Å². The number of alkyl carbamates (subject to hydrolysis) is 1. The fourth-order valence-corrected chi connectivity index (χ4v) is 1470. The Morgan fingerprint density at radius 2 is 1.07 bits per heavy atom. The Morgan fingerprint density at radius 1 is 0.694 bits per heavy atom. The molecule has 0 unspecified atom stereocenters. The standard InChI is InChI=1S/C22H34ClN3O4.C17H26ClN3O2.I10.I9/c1-15-12-16(6-7-18(15)23)14-26-10-8-17(9-11-26)25-19(20(27)29-5)13-24-21(28)30-22(2,3)4;1-12-9-13(3-4-15(12)18)11-21-7-5-14(6-8-21)20-16(10-19)17(22)23-2;1-7(2)9(5)10(6)8(3)4;1-6-8(4)9(5)7(2)3/h6-7,12,17,19,25H,8-11,13-14H2,1-5H3,(H,24,28);3-4,9,14,16,20H,5-8,10-11,19H2,1-2H3;;/q;;;-1/t19-;16-;;/m11../s1. The average Bonchev–Trinajstić information content (AvgIpc) is 3.33. The Morgan fingerprint density at radius 3 is 1.38 bits per heavy atom. The van der Waals surface area contributed by atoms with Crippen molar-refractivity contribution >= 4 is 301 Å². The SMILES string of the molecule is COC(=O)[C@@H](CN)NC1CCN(Cc2ccc(Cl)c(C)c2)CC1.COC(=O)[C@@H](CNC(=O)OC(C)(C)C)NC1CCN(Cc2ccc(Cl)c(C)c2)CC1.II(I)I(I)I(I)I(I)I.I[I-]I(I)I(I)I(I)I. The number of carbonyl (C=O) groups is 3. The van der Waals surface area contributed by atoms with Crippen LogP contribution in [-0.2, 0) is 36.9 Å². The van der Waals surface area contributed by atoms with Crippen molar-refractivity contribution in [3.63, 3.8) is 0 Å². The molecule has 2 aliphatic rings. The number of hydrogen-bond donors (Lipinski definition) is 4. The monoisotopic (exact) mass is 3190 g/mol. The fourth-order valence-electron chi connectivity index (χ4n) is 6.55. The van der Waals surface area contributed by atoms with Crippen molar-refractivity contribution in [2.75, 3.05) is 53.5 Å². The molecule has 0 saturated carbocycles. The van der Waals surface area contributed by atoms with E-state index in [9.17, 15) is 14.4 Å². The van der Waals surface area contributed by atoms with Gasteiger partial charge in [-0.1, -0.05) is 47.5 Å². The van der Waals surface area contributed by atoms with Gasteiger partial charge in [-0.05, 0) is 121 Å². The van der Waals surface area contributed by atoms with Crippen molar-refractivity contribution < 1.29 is 41.8 Å². The van der Waals surface area contributed by atoms with Gasteiger partial charge >= 0.3 is 291 Å². The van der Waals surface area contributed by atoms with E-state index in [2.05, 4.69) is 255 Å². The number of likely N-dealkylation sites (tertiary alicyclic amines) is 2. The van der Waals surface area contributed by atoms with E-state index >= 15 is 0 Å². The van der Waals surface area contributed by atoms with E-state index in [1.807, 2.05) is 26.0 Å². The van der Waals surface area contributed by atoms with E-state index in [0.717, 1.165) is 86.1 Å². The molecule has 0 radical (unpaired) electrons. The van der Waals surface area contributed by atoms with Gasteiger partial charge in [-0.15, -0.1) is 0 Å². The number of hydrogen-bond acceptors (Lipinski definition) is 11. The Balaban J connectivity index is 0.000000540. The Bertz CT molecular complexity index is 1880. The molecule has 2 aromatic carbocycles. The third kappa shape index (κ3) is 36.5. The van der Waals surface area contributed by atoms with Crippen LogP contribution in [0.1, 0.15) is 68.7 Å². The predicted octanol–water partition coefficient (Wildman–Crippen LogP) is 17.9. The fraction of sp³-hybridized carbons (Fsp3) is 0.615. The van der Waals surface area contributed by atoms with Gasteiger partial charge in [-0.25, -0.2) is 4.79 Å². The van der Waals surface area contributed by atoms with Crippen molar-refractivity contribution in [1.29, 1.82) is 0 Å². The number of amides is 1. The van der Waals surface area contributed by atoms with Crippen molar-refractivity contribution in [1.82, 2.24) is 25.8 Å². The normalized spacial score (nSPS) is 16.9. The van der Waals surface area contributed by atoms with Gasteiger partial charge in [-0.2, -0.15) is 0 Å². The molecular formula is C39H60Cl2I19N6O6-. The molecule has 4 rings (SSSR count). The van der Waals surface area contributed by atoms with Crippen LogP contribution in [0.15, 0.2) is 36.4 Å². The zero-order chi connectivity index (χ0) is 54.9. The molecular weight excluding hydrogens is 3130 g/mol. The molecule has 2 saturated heterocycles. The van der Waals surface area contributed by atoms with Crippen LogP contribution in [-0.4, -0.2) is 111 Å². The average molecular weight is 3190 g/mol. The Kier molecular flexibility index (Phi) is 51.7. The number of piperidine rings is 2. The van der Waals surface area contributed by atoms with Gasteiger partial charge in [0.2, 0.25) is 0 Å². The Labute approximate surface area is 583 Å². The summed E-state index contributed by atoms with van der Waals surface area (Å²) in [6.45, 7) is 15.5. The number of carbonyl (C=O) groups excluding carboxylic acids is 3. The number of ether oxygens (including phenoxy) is 3. The second-order valence-corrected chi connectivity index (χ2v) is 374. The second kappa shape index (κ2) is 46.0. The molecule has 0 aromatic heterocycles. The quantitative estimate of drug-likeness (QED) is 0.0605. The molecule has 430 valence electrons. The van der Waals surface area contributed by atoms with Gasteiger partial charge in [0.25, 0.3) is 0 Å². The van der Waals surface area contributed by atoms with Crippen molar-refractivity contribution in [2.45, 2.75) is 103 Å². The number of nitrogens with two attached hydrogens (primary N) is 1. The number of nitrogens with one attached hydrogen (secondary N) is 3. The van der Waals surface area contributed by atoms with Gasteiger partial charge in [-0.3, -0.25) is 19.4 Å². The van der Waals surface area contributed by atoms with Crippen LogP contribution >= 0.6 is 283 Å². The van der Waals surface area contributed by atoms with Crippen molar-refractivity contribution in [3.8, 4) is 0 Å². The number of benzene rings is 2. The molecule has 2 heterocycles. The summed E-state index contributed by atoms with van der Waals surface area (Å²) in [7, 11) is 0.640. The first-order chi connectivity index (χ1) is 33.7. The van der Waals surface area contributed by atoms with Crippen LogP contribution in [0.4, 0.5) is 4.79 Å². The summed E-state index contributed by atoms with van der Waals surface area (Å²) >= 11 is 43.6. The van der Waals surface area contributed by atoms with Gasteiger partial charge in [0.05, 0.1) is 14.2 Å². The third-order valence-corrected chi connectivity index (χ3v) is 919. The van der Waals surface area contributed by atoms with Crippen LogP contribution in [0.5, 0.6) is 0 Å². The molecule has 0 spiro atoms. The first-order valence-electron chi connectivity index (χ1n) is 20.8. The van der Waals surface area contributed by atoms with Gasteiger partial charge in [0, 0.05) is 48.3 Å². The van der Waals surface area contributed by atoms with Gasteiger partial charge in [0.15, 0.2) is 0 Å². The minimum atomic E-state index is -0.613. The number of rotatable bonds is 19. The molecule has 1 amide bonds. The molecule has 72 heavy (non-hydrogen) atoms. The van der Waals surface area contributed by atoms with Crippen LogP contribution < -0.4 is 34.9 Å². The first kappa shape index (κ1) is 80.9. The van der Waals surface area contributed by atoms with Gasteiger partial charge < -0.3 is 35.9 Å². The number of aryl methyl sites for hydroxylation is 2. The van der Waals surface area contributed by atoms with Crippen LogP contribution in [0.3, 0.4) is 0 Å². The summed E-state index contributed by atoms with van der Waals surface area (Å²) in [5, 5.41) is 10.9. The van der Waals surface area contributed by atoms with Crippen LogP contribution in [0, 0.1) is 13.8 Å². The summed E-state index contributed by atoms with van der Waals surface area (Å²) in [6, 6.07) is 11.8. The van der Waals surface area contributed by atoms with Crippen LogP contribution in [0.25, 0.3) is 0 Å². The summed E-state index contributed by atoms with van der Waals surface area (Å²) in [5.74, 6) is -0.684. The molecule has 5 N–H and O–H groups in total. The zero-order valence-corrected chi connectivity index (χ0v) is 82.1. The van der Waals surface area contributed by atoms with Crippen LogP contribution in [0.2, 0.25) is 10.0 Å². The predicted molar refractivity (Wildman–Crippen MR) is 463 cm³/mol. The maximum absolute atomic E-state index is 12.2. The van der Waals surface area contributed by atoms with E-state index in [1.54, 1.807) is 20.8 Å². The molecule has 2 fully saturated rings. The molecule has 0 aliphatic carbocycles. The van der Waals surface area contributed by atoms with E-state index < -0.39 is 29.7 Å². The molecule has 2 aromatic rings. The summed E-state index contributed by atoms with van der Waals surface area (Å²) in [4.78, 5) is 40.5. The van der Waals surface area contributed by atoms with E-state index in [-0.39, 0.29) is 80.4 Å².